The quantitative estimate of drug-likeness (QED) is 0.642. The van der Waals surface area contributed by atoms with Gasteiger partial charge in [-0.05, 0) is 43.5 Å². The summed E-state index contributed by atoms with van der Waals surface area (Å²) in [5.74, 6) is 0.496. The maximum atomic E-state index is 12.8. The maximum absolute atomic E-state index is 12.8. The SMILES string of the molecule is Cc1cccc(OCC(O)CNC(=O)C2CCN(c3ncc(C(F)(F)F)cc3Cl)CC2)c1. The van der Waals surface area contributed by atoms with Crippen LogP contribution >= 0.6 is 11.6 Å². The van der Waals surface area contributed by atoms with Crippen LogP contribution in [0.25, 0.3) is 0 Å². The molecule has 174 valence electrons. The van der Waals surface area contributed by atoms with Crippen molar-refractivity contribution in [2.75, 3.05) is 31.1 Å². The summed E-state index contributed by atoms with van der Waals surface area (Å²) in [4.78, 5) is 18.1. The number of ether oxygens (including phenoxy) is 1. The van der Waals surface area contributed by atoms with E-state index in [-0.39, 0.29) is 35.8 Å². The summed E-state index contributed by atoms with van der Waals surface area (Å²) >= 11 is 6.01. The average molecular weight is 472 g/mol. The first-order valence-corrected chi connectivity index (χ1v) is 10.6. The zero-order chi connectivity index (χ0) is 23.3. The summed E-state index contributed by atoms with van der Waals surface area (Å²) in [6.07, 6.45) is -3.59. The standard InChI is InChI=1S/C22H25ClF3N3O3/c1-14-3-2-4-18(9-14)32-13-17(30)12-28-21(31)15-5-7-29(8-6-15)20-19(23)10-16(11-27-20)22(24,25)26/h2-4,9-11,15,17,30H,5-8,12-13H2,1H3,(H,28,31). The molecule has 2 N–H and O–H groups in total. The van der Waals surface area contributed by atoms with Crippen LogP contribution in [-0.2, 0) is 11.0 Å². The monoisotopic (exact) mass is 471 g/mol. The molecule has 1 amide bonds. The summed E-state index contributed by atoms with van der Waals surface area (Å²) in [6.45, 7) is 2.94. The highest BCUT2D eigenvalue weighted by Gasteiger charge is 2.33. The van der Waals surface area contributed by atoms with Gasteiger partial charge in [0.2, 0.25) is 5.91 Å². The number of nitrogens with zero attached hydrogens (tertiary/aromatic N) is 2. The molecule has 6 nitrogen and oxygen atoms in total. The second-order valence-electron chi connectivity index (χ2n) is 7.81. The van der Waals surface area contributed by atoms with Crippen molar-refractivity contribution in [3.63, 3.8) is 0 Å². The molecule has 0 spiro atoms. The number of amides is 1. The highest BCUT2D eigenvalue weighted by atomic mass is 35.5. The Morgan fingerprint density at radius 2 is 2.06 bits per heavy atom. The molecule has 1 fully saturated rings. The van der Waals surface area contributed by atoms with E-state index in [4.69, 9.17) is 16.3 Å². The number of nitrogens with one attached hydrogen (secondary N) is 1. The van der Waals surface area contributed by atoms with Gasteiger partial charge in [0.05, 0.1) is 10.6 Å². The number of aromatic nitrogens is 1. The number of aliphatic hydroxyl groups excluding tert-OH is 1. The number of carbonyl (C=O) groups excluding carboxylic acids is 1. The lowest BCUT2D eigenvalue weighted by Crippen LogP contribution is -2.43. The molecule has 10 heteroatoms. The Hall–Kier alpha value is -2.52. The van der Waals surface area contributed by atoms with Crippen molar-refractivity contribution in [2.45, 2.75) is 32.0 Å². The van der Waals surface area contributed by atoms with Crippen LogP contribution in [0.2, 0.25) is 5.02 Å². The minimum Gasteiger partial charge on any atom is -0.491 e. The first-order chi connectivity index (χ1) is 15.1. The van der Waals surface area contributed by atoms with Gasteiger partial charge >= 0.3 is 6.18 Å². The van der Waals surface area contributed by atoms with Crippen LogP contribution in [0.1, 0.15) is 24.0 Å². The van der Waals surface area contributed by atoms with Crippen LogP contribution in [0.15, 0.2) is 36.5 Å². The van der Waals surface area contributed by atoms with E-state index in [1.54, 1.807) is 11.0 Å². The first-order valence-electron chi connectivity index (χ1n) is 10.3. The van der Waals surface area contributed by atoms with Crippen molar-refractivity contribution in [1.29, 1.82) is 0 Å². The maximum Gasteiger partial charge on any atom is 0.417 e. The number of rotatable bonds is 7. The largest absolute Gasteiger partial charge is 0.491 e. The third-order valence-corrected chi connectivity index (χ3v) is 5.54. The third kappa shape index (κ3) is 6.49. The Labute approximate surface area is 189 Å². The molecule has 1 aliphatic heterocycles. The molecule has 1 unspecified atom stereocenters. The van der Waals surface area contributed by atoms with Gasteiger partial charge in [-0.25, -0.2) is 4.98 Å². The van der Waals surface area contributed by atoms with E-state index < -0.39 is 17.8 Å². The Kier molecular flexibility index (Phi) is 7.84. The summed E-state index contributed by atoms with van der Waals surface area (Å²) in [7, 11) is 0. The Bertz CT molecular complexity index is 934. The minimum atomic E-state index is -4.50. The number of aryl methyl sites for hydroxylation is 1. The van der Waals surface area contributed by atoms with E-state index >= 15 is 0 Å². The van der Waals surface area contributed by atoms with E-state index in [1.807, 2.05) is 25.1 Å². The molecule has 32 heavy (non-hydrogen) atoms. The van der Waals surface area contributed by atoms with Crippen LogP contribution in [-0.4, -0.2) is 48.3 Å². The fraction of sp³-hybridized carbons (Fsp3) is 0.455. The molecule has 1 aromatic carbocycles. The number of pyridine rings is 1. The predicted molar refractivity (Wildman–Crippen MR) is 115 cm³/mol. The van der Waals surface area contributed by atoms with Crippen molar-refractivity contribution in [3.05, 3.63) is 52.7 Å². The molecule has 1 aliphatic rings. The van der Waals surface area contributed by atoms with Crippen molar-refractivity contribution >= 4 is 23.3 Å². The lowest BCUT2D eigenvalue weighted by atomic mass is 9.96. The van der Waals surface area contributed by atoms with Crippen LogP contribution in [0.5, 0.6) is 5.75 Å². The van der Waals surface area contributed by atoms with Crippen LogP contribution < -0.4 is 15.0 Å². The molecule has 0 aliphatic carbocycles. The molecular formula is C22H25ClF3N3O3. The number of piperidine rings is 1. The van der Waals surface area contributed by atoms with Gasteiger partial charge in [0.25, 0.3) is 0 Å². The van der Waals surface area contributed by atoms with Gasteiger partial charge in [-0.2, -0.15) is 13.2 Å². The van der Waals surface area contributed by atoms with Gasteiger partial charge in [-0.3, -0.25) is 4.79 Å². The van der Waals surface area contributed by atoms with Gasteiger partial charge in [-0.15, -0.1) is 0 Å². The minimum absolute atomic E-state index is 0.0558. The molecular weight excluding hydrogens is 447 g/mol. The number of hydrogen-bond acceptors (Lipinski definition) is 5. The number of hydrogen-bond donors (Lipinski definition) is 2. The fourth-order valence-electron chi connectivity index (χ4n) is 3.49. The summed E-state index contributed by atoms with van der Waals surface area (Å²) < 4.78 is 43.9. The van der Waals surface area contributed by atoms with Crippen LogP contribution in [0, 0.1) is 12.8 Å². The van der Waals surface area contributed by atoms with E-state index in [0.29, 0.717) is 31.7 Å². The number of benzene rings is 1. The lowest BCUT2D eigenvalue weighted by Gasteiger charge is -2.32. The Morgan fingerprint density at radius 3 is 2.69 bits per heavy atom. The number of alkyl halides is 3. The molecule has 0 saturated carbocycles. The highest BCUT2D eigenvalue weighted by Crippen LogP contribution is 2.34. The van der Waals surface area contributed by atoms with Crippen LogP contribution in [0.4, 0.5) is 19.0 Å². The first kappa shape index (κ1) is 24.1. The summed E-state index contributed by atoms with van der Waals surface area (Å²) in [6, 6.07) is 8.32. The number of aliphatic hydroxyl groups is 1. The van der Waals surface area contributed by atoms with E-state index in [1.165, 1.54) is 0 Å². The van der Waals surface area contributed by atoms with Crippen molar-refractivity contribution < 1.29 is 27.8 Å². The van der Waals surface area contributed by atoms with Gasteiger partial charge in [0.15, 0.2) is 0 Å². The molecule has 0 bridgehead atoms. The summed E-state index contributed by atoms with van der Waals surface area (Å²) in [5.41, 5.74) is 0.148. The molecule has 1 saturated heterocycles. The van der Waals surface area contributed by atoms with Crippen molar-refractivity contribution in [3.8, 4) is 5.75 Å². The highest BCUT2D eigenvalue weighted by molar-refractivity contribution is 6.33. The number of anilines is 1. The third-order valence-electron chi connectivity index (χ3n) is 5.26. The molecule has 3 rings (SSSR count). The van der Waals surface area contributed by atoms with E-state index in [0.717, 1.165) is 17.8 Å². The van der Waals surface area contributed by atoms with Gasteiger partial charge in [-0.1, -0.05) is 23.7 Å². The van der Waals surface area contributed by atoms with Crippen molar-refractivity contribution in [2.24, 2.45) is 5.92 Å². The van der Waals surface area contributed by atoms with Gasteiger partial charge in [0, 0.05) is 31.7 Å². The Balaban J connectivity index is 1.43. The normalized spacial score (nSPS) is 16.0. The van der Waals surface area contributed by atoms with Crippen LogP contribution in [0.3, 0.4) is 0 Å². The fourth-order valence-corrected chi connectivity index (χ4v) is 3.78. The van der Waals surface area contributed by atoms with Crippen molar-refractivity contribution in [1.82, 2.24) is 10.3 Å². The van der Waals surface area contributed by atoms with Gasteiger partial charge < -0.3 is 20.1 Å². The molecule has 1 aromatic heterocycles. The predicted octanol–water partition coefficient (Wildman–Crippen LogP) is 3.83. The molecule has 2 heterocycles. The van der Waals surface area contributed by atoms with E-state index in [9.17, 15) is 23.1 Å². The summed E-state index contributed by atoms with van der Waals surface area (Å²) in [5, 5.41) is 12.7. The molecule has 0 radical (unpaired) electrons. The second kappa shape index (κ2) is 10.4. The van der Waals surface area contributed by atoms with Gasteiger partial charge in [0.1, 0.15) is 24.3 Å². The zero-order valence-corrected chi connectivity index (χ0v) is 18.3. The number of halogens is 4. The zero-order valence-electron chi connectivity index (χ0n) is 17.5. The lowest BCUT2D eigenvalue weighted by molar-refractivity contribution is -0.137. The molecule has 1 atom stereocenters. The topological polar surface area (TPSA) is 74.7 Å². The smallest absolute Gasteiger partial charge is 0.417 e. The molecule has 2 aromatic rings. The van der Waals surface area contributed by atoms with E-state index in [2.05, 4.69) is 10.3 Å². The number of carbonyl (C=O) groups is 1. The average Bonchev–Trinajstić information content (AvgIpc) is 2.75. The Morgan fingerprint density at radius 1 is 1.34 bits per heavy atom. The second-order valence-corrected chi connectivity index (χ2v) is 8.22.